The normalized spacial score (nSPS) is 11.8. The van der Waals surface area contributed by atoms with Gasteiger partial charge in [-0.1, -0.05) is 35.3 Å². The van der Waals surface area contributed by atoms with E-state index in [0.717, 1.165) is 11.1 Å². The standard InChI is InChI=1S/C14H10Cl2N2/c15-12-3-4-13(14(16)7-12)11(8-17)6-10-2-1-5-18-9-10/h1-5,7,9,11H,6H2. The molecule has 2 rings (SSSR count). The molecule has 0 spiro atoms. The van der Waals surface area contributed by atoms with Gasteiger partial charge in [0.1, 0.15) is 0 Å². The Morgan fingerprint density at radius 1 is 1.28 bits per heavy atom. The average molecular weight is 277 g/mol. The molecule has 1 heterocycles. The molecule has 0 N–H and O–H groups in total. The van der Waals surface area contributed by atoms with Crippen molar-refractivity contribution < 1.29 is 0 Å². The van der Waals surface area contributed by atoms with Crippen LogP contribution in [0.2, 0.25) is 10.0 Å². The molecule has 0 aliphatic heterocycles. The summed E-state index contributed by atoms with van der Waals surface area (Å²) in [6, 6.07) is 11.3. The predicted molar refractivity (Wildman–Crippen MR) is 72.8 cm³/mol. The van der Waals surface area contributed by atoms with Crippen molar-refractivity contribution in [1.82, 2.24) is 4.98 Å². The maximum absolute atomic E-state index is 9.27. The van der Waals surface area contributed by atoms with Crippen LogP contribution in [0.1, 0.15) is 17.0 Å². The highest BCUT2D eigenvalue weighted by molar-refractivity contribution is 6.35. The Bertz CT molecular complexity index is 576. The Labute approximate surface area is 116 Å². The SMILES string of the molecule is N#CC(Cc1cccnc1)c1ccc(Cl)cc1Cl. The van der Waals surface area contributed by atoms with Gasteiger partial charge >= 0.3 is 0 Å². The molecule has 2 aromatic rings. The summed E-state index contributed by atoms with van der Waals surface area (Å²) in [4.78, 5) is 4.04. The number of nitriles is 1. The smallest absolute Gasteiger partial charge is 0.0767 e. The second-order valence-corrected chi connectivity index (χ2v) is 4.76. The Morgan fingerprint density at radius 2 is 2.11 bits per heavy atom. The molecule has 0 saturated heterocycles. The molecule has 1 aromatic heterocycles. The number of halogens is 2. The van der Waals surface area contributed by atoms with Crippen molar-refractivity contribution in [3.63, 3.8) is 0 Å². The molecule has 0 aliphatic rings. The van der Waals surface area contributed by atoms with Gasteiger partial charge in [-0.3, -0.25) is 4.98 Å². The van der Waals surface area contributed by atoms with Crippen LogP contribution < -0.4 is 0 Å². The maximum atomic E-state index is 9.27. The van der Waals surface area contributed by atoms with Crippen LogP contribution in [0.15, 0.2) is 42.7 Å². The minimum atomic E-state index is -0.293. The highest BCUT2D eigenvalue weighted by Gasteiger charge is 2.15. The van der Waals surface area contributed by atoms with E-state index in [0.29, 0.717) is 16.5 Å². The third-order valence-electron chi connectivity index (χ3n) is 2.66. The molecule has 0 saturated carbocycles. The fourth-order valence-electron chi connectivity index (χ4n) is 1.76. The van der Waals surface area contributed by atoms with Gasteiger partial charge in [-0.05, 0) is 35.7 Å². The molecule has 1 unspecified atom stereocenters. The first-order chi connectivity index (χ1) is 8.70. The Kier molecular flexibility index (Phi) is 4.19. The van der Waals surface area contributed by atoms with Crippen molar-refractivity contribution in [2.24, 2.45) is 0 Å². The largest absolute Gasteiger partial charge is 0.264 e. The predicted octanol–water partition coefficient (Wildman–Crippen LogP) is 4.24. The Morgan fingerprint density at radius 3 is 2.72 bits per heavy atom. The third kappa shape index (κ3) is 3.01. The molecule has 0 bridgehead atoms. The second-order valence-electron chi connectivity index (χ2n) is 3.91. The summed E-state index contributed by atoms with van der Waals surface area (Å²) in [5.74, 6) is -0.293. The zero-order valence-electron chi connectivity index (χ0n) is 9.48. The minimum Gasteiger partial charge on any atom is -0.264 e. The minimum absolute atomic E-state index is 0.293. The van der Waals surface area contributed by atoms with E-state index in [1.807, 2.05) is 12.1 Å². The first-order valence-electron chi connectivity index (χ1n) is 5.44. The van der Waals surface area contributed by atoms with Gasteiger partial charge in [-0.2, -0.15) is 5.26 Å². The third-order valence-corrected chi connectivity index (χ3v) is 3.22. The monoisotopic (exact) mass is 276 g/mol. The highest BCUT2D eigenvalue weighted by Crippen LogP contribution is 2.29. The number of rotatable bonds is 3. The average Bonchev–Trinajstić information content (AvgIpc) is 2.38. The molecule has 0 radical (unpaired) electrons. The van der Waals surface area contributed by atoms with E-state index < -0.39 is 0 Å². The lowest BCUT2D eigenvalue weighted by Crippen LogP contribution is -2.01. The fraction of sp³-hybridized carbons (Fsp3) is 0.143. The topological polar surface area (TPSA) is 36.7 Å². The summed E-state index contributed by atoms with van der Waals surface area (Å²) in [6.07, 6.45) is 4.06. The molecule has 1 aromatic carbocycles. The van der Waals surface area contributed by atoms with Crippen molar-refractivity contribution in [1.29, 1.82) is 5.26 Å². The van der Waals surface area contributed by atoms with Crippen molar-refractivity contribution in [3.8, 4) is 6.07 Å². The van der Waals surface area contributed by atoms with E-state index in [9.17, 15) is 5.26 Å². The lowest BCUT2D eigenvalue weighted by atomic mass is 9.94. The first kappa shape index (κ1) is 12.9. The molecule has 0 amide bonds. The summed E-state index contributed by atoms with van der Waals surface area (Å²) in [7, 11) is 0. The molecule has 1 atom stereocenters. The van der Waals surface area contributed by atoms with E-state index in [-0.39, 0.29) is 5.92 Å². The molecular weight excluding hydrogens is 267 g/mol. The number of pyridine rings is 1. The summed E-state index contributed by atoms with van der Waals surface area (Å²) < 4.78 is 0. The van der Waals surface area contributed by atoms with Crippen LogP contribution in [0.3, 0.4) is 0 Å². The zero-order valence-corrected chi connectivity index (χ0v) is 11.0. The molecule has 2 nitrogen and oxygen atoms in total. The number of nitrogens with zero attached hydrogens (tertiary/aromatic N) is 2. The Balaban J connectivity index is 2.27. The molecule has 4 heteroatoms. The van der Waals surface area contributed by atoms with Gasteiger partial charge < -0.3 is 0 Å². The van der Waals surface area contributed by atoms with Crippen molar-refractivity contribution >= 4 is 23.2 Å². The van der Waals surface area contributed by atoms with Gasteiger partial charge in [0.2, 0.25) is 0 Å². The van der Waals surface area contributed by atoms with Crippen LogP contribution in [-0.2, 0) is 6.42 Å². The van der Waals surface area contributed by atoms with E-state index in [1.54, 1.807) is 30.6 Å². The van der Waals surface area contributed by atoms with Gasteiger partial charge in [-0.25, -0.2) is 0 Å². The van der Waals surface area contributed by atoms with Gasteiger partial charge in [-0.15, -0.1) is 0 Å². The molecule has 90 valence electrons. The van der Waals surface area contributed by atoms with E-state index >= 15 is 0 Å². The summed E-state index contributed by atoms with van der Waals surface area (Å²) >= 11 is 12.0. The van der Waals surface area contributed by atoms with Crippen molar-refractivity contribution in [2.75, 3.05) is 0 Å². The van der Waals surface area contributed by atoms with E-state index in [4.69, 9.17) is 23.2 Å². The first-order valence-corrected chi connectivity index (χ1v) is 6.20. The van der Waals surface area contributed by atoms with Crippen LogP contribution in [0, 0.1) is 11.3 Å². The van der Waals surface area contributed by atoms with Crippen LogP contribution in [0.4, 0.5) is 0 Å². The number of aromatic nitrogens is 1. The number of hydrogen-bond acceptors (Lipinski definition) is 2. The second kappa shape index (κ2) is 5.86. The zero-order chi connectivity index (χ0) is 13.0. The summed E-state index contributed by atoms with van der Waals surface area (Å²) in [5.41, 5.74) is 1.81. The van der Waals surface area contributed by atoms with E-state index in [1.165, 1.54) is 0 Å². The van der Waals surface area contributed by atoms with Gasteiger partial charge in [0, 0.05) is 22.4 Å². The van der Waals surface area contributed by atoms with Gasteiger partial charge in [0.25, 0.3) is 0 Å². The Hall–Kier alpha value is -1.56. The van der Waals surface area contributed by atoms with Crippen molar-refractivity contribution in [2.45, 2.75) is 12.3 Å². The number of benzene rings is 1. The van der Waals surface area contributed by atoms with Crippen LogP contribution >= 0.6 is 23.2 Å². The van der Waals surface area contributed by atoms with Crippen LogP contribution in [0.25, 0.3) is 0 Å². The number of hydrogen-bond donors (Lipinski definition) is 0. The van der Waals surface area contributed by atoms with Crippen LogP contribution in [0.5, 0.6) is 0 Å². The summed E-state index contributed by atoms with van der Waals surface area (Å²) in [6.45, 7) is 0. The fourth-order valence-corrected chi connectivity index (χ4v) is 2.30. The van der Waals surface area contributed by atoms with Crippen molar-refractivity contribution in [3.05, 3.63) is 63.9 Å². The lowest BCUT2D eigenvalue weighted by molar-refractivity contribution is 0.844. The maximum Gasteiger partial charge on any atom is 0.0767 e. The van der Waals surface area contributed by atoms with E-state index in [2.05, 4.69) is 11.1 Å². The molecular formula is C14H10Cl2N2. The van der Waals surface area contributed by atoms with Crippen LogP contribution in [-0.4, -0.2) is 4.98 Å². The van der Waals surface area contributed by atoms with Gasteiger partial charge in [0.05, 0.1) is 12.0 Å². The van der Waals surface area contributed by atoms with Gasteiger partial charge in [0.15, 0.2) is 0 Å². The molecule has 18 heavy (non-hydrogen) atoms. The lowest BCUT2D eigenvalue weighted by Gasteiger charge is -2.11. The molecule has 0 aliphatic carbocycles. The highest BCUT2D eigenvalue weighted by atomic mass is 35.5. The summed E-state index contributed by atoms with van der Waals surface area (Å²) in [5, 5.41) is 10.4. The quantitative estimate of drug-likeness (QED) is 0.841. The molecule has 0 fully saturated rings.